The van der Waals surface area contributed by atoms with E-state index in [0.29, 0.717) is 0 Å². The van der Waals surface area contributed by atoms with Gasteiger partial charge >= 0.3 is 0 Å². The second-order valence-corrected chi connectivity index (χ2v) is 2.59. The van der Waals surface area contributed by atoms with Crippen molar-refractivity contribution in [2.45, 2.75) is 0 Å². The van der Waals surface area contributed by atoms with E-state index in [1.807, 2.05) is 30.3 Å². The lowest BCUT2D eigenvalue weighted by atomic mass is 10.1. The third-order valence-electron chi connectivity index (χ3n) is 1.85. The first-order valence-electron chi connectivity index (χ1n) is 3.67. The van der Waals surface area contributed by atoms with Gasteiger partial charge in [-0.2, -0.15) is 0 Å². The van der Waals surface area contributed by atoms with Gasteiger partial charge in [0.05, 0.1) is 0 Å². The lowest BCUT2D eigenvalue weighted by Gasteiger charge is -2.15. The molecule has 11 heavy (non-hydrogen) atoms. The Kier molecular flexibility index (Phi) is 1.32. The van der Waals surface area contributed by atoms with E-state index in [1.54, 1.807) is 0 Å². The van der Waals surface area contributed by atoms with Gasteiger partial charge in [0.15, 0.2) is 0 Å². The van der Waals surface area contributed by atoms with Crippen molar-refractivity contribution in [2.24, 2.45) is 5.73 Å². The first kappa shape index (κ1) is 6.28. The summed E-state index contributed by atoms with van der Waals surface area (Å²) in [7, 11) is 0. The van der Waals surface area contributed by atoms with E-state index in [0.717, 1.165) is 23.5 Å². The third-order valence-corrected chi connectivity index (χ3v) is 1.85. The first-order valence-corrected chi connectivity index (χ1v) is 3.67. The third kappa shape index (κ3) is 0.963. The Hall–Kier alpha value is -1.44. The van der Waals surface area contributed by atoms with Gasteiger partial charge in [-0.3, -0.25) is 0 Å². The zero-order chi connectivity index (χ0) is 7.68. The Labute approximate surface area is 65.7 Å². The quantitative estimate of drug-likeness (QED) is 0.580. The number of rotatable bonds is 0. The molecule has 2 rings (SSSR count). The maximum atomic E-state index is 5.77. The van der Waals surface area contributed by atoms with Crippen molar-refractivity contribution in [3.63, 3.8) is 0 Å². The van der Waals surface area contributed by atoms with Crippen LogP contribution in [-0.4, -0.2) is 6.54 Å². The Bertz CT molecular complexity index is 302. The highest BCUT2D eigenvalue weighted by molar-refractivity contribution is 5.77. The summed E-state index contributed by atoms with van der Waals surface area (Å²) in [6.45, 7) is 0.836. The molecular formula is C9H10N2. The van der Waals surface area contributed by atoms with Gasteiger partial charge in [0.2, 0.25) is 0 Å². The van der Waals surface area contributed by atoms with Crippen LogP contribution in [0.15, 0.2) is 30.3 Å². The van der Waals surface area contributed by atoms with Crippen molar-refractivity contribution < 1.29 is 0 Å². The molecule has 0 amide bonds. The molecule has 2 heteroatoms. The Balaban J connectivity index is 2.56. The molecular weight excluding hydrogens is 136 g/mol. The van der Waals surface area contributed by atoms with Gasteiger partial charge in [-0.15, -0.1) is 0 Å². The Morgan fingerprint density at radius 1 is 1.27 bits per heavy atom. The topological polar surface area (TPSA) is 38.0 Å². The number of para-hydroxylation sites is 1. The minimum absolute atomic E-state index is 0.836. The highest BCUT2D eigenvalue weighted by Gasteiger charge is 2.06. The van der Waals surface area contributed by atoms with Crippen molar-refractivity contribution in [3.05, 3.63) is 35.9 Å². The maximum absolute atomic E-state index is 5.77. The maximum Gasteiger partial charge on any atom is 0.0437 e. The molecule has 0 fully saturated rings. The van der Waals surface area contributed by atoms with Crippen LogP contribution in [0.5, 0.6) is 0 Å². The van der Waals surface area contributed by atoms with Crippen LogP contribution >= 0.6 is 0 Å². The van der Waals surface area contributed by atoms with Crippen LogP contribution in [0.2, 0.25) is 0 Å². The zero-order valence-electron chi connectivity index (χ0n) is 6.17. The molecule has 0 aliphatic carbocycles. The van der Waals surface area contributed by atoms with E-state index in [4.69, 9.17) is 5.73 Å². The molecule has 3 N–H and O–H groups in total. The van der Waals surface area contributed by atoms with Gasteiger partial charge in [-0.05, 0) is 12.1 Å². The summed E-state index contributed by atoms with van der Waals surface area (Å²) in [4.78, 5) is 0. The Morgan fingerprint density at radius 3 is 2.91 bits per heavy atom. The second-order valence-electron chi connectivity index (χ2n) is 2.59. The molecule has 2 nitrogen and oxygen atoms in total. The Morgan fingerprint density at radius 2 is 2.09 bits per heavy atom. The normalized spacial score (nSPS) is 14.7. The summed E-state index contributed by atoms with van der Waals surface area (Å²) in [5.41, 5.74) is 8.88. The fourth-order valence-electron chi connectivity index (χ4n) is 1.27. The number of hydrogen-bond donors (Lipinski definition) is 2. The minimum Gasteiger partial charge on any atom is -0.398 e. The molecule has 0 atom stereocenters. The summed E-state index contributed by atoms with van der Waals surface area (Å²) in [6.07, 6.45) is 1.99. The molecule has 1 aliphatic rings. The van der Waals surface area contributed by atoms with Crippen LogP contribution in [0.3, 0.4) is 0 Å². The molecule has 0 saturated carbocycles. The van der Waals surface area contributed by atoms with E-state index < -0.39 is 0 Å². The van der Waals surface area contributed by atoms with Gasteiger partial charge in [0.25, 0.3) is 0 Å². The molecule has 1 aliphatic heterocycles. The molecule has 56 valence electrons. The number of fused-ring (bicyclic) bond motifs is 1. The predicted molar refractivity (Wildman–Crippen MR) is 47.1 cm³/mol. The van der Waals surface area contributed by atoms with Gasteiger partial charge in [0.1, 0.15) is 0 Å². The second kappa shape index (κ2) is 2.31. The van der Waals surface area contributed by atoms with Crippen LogP contribution in [-0.2, 0) is 0 Å². The van der Waals surface area contributed by atoms with Crippen molar-refractivity contribution in [1.29, 1.82) is 0 Å². The van der Waals surface area contributed by atoms with Crippen molar-refractivity contribution in [3.8, 4) is 0 Å². The van der Waals surface area contributed by atoms with Crippen LogP contribution in [0.25, 0.3) is 5.70 Å². The average molecular weight is 146 g/mol. The highest BCUT2D eigenvalue weighted by Crippen LogP contribution is 2.22. The van der Waals surface area contributed by atoms with Crippen molar-refractivity contribution >= 4 is 11.4 Å². The fourth-order valence-corrected chi connectivity index (χ4v) is 1.27. The molecule has 1 aromatic carbocycles. The molecule has 0 radical (unpaired) electrons. The largest absolute Gasteiger partial charge is 0.398 e. The summed E-state index contributed by atoms with van der Waals surface area (Å²) in [5, 5.41) is 3.24. The molecule has 0 bridgehead atoms. The fraction of sp³-hybridized carbons (Fsp3) is 0.111. The number of hydrogen-bond acceptors (Lipinski definition) is 2. The van der Waals surface area contributed by atoms with Gasteiger partial charge in [-0.1, -0.05) is 18.2 Å². The molecule has 0 unspecified atom stereocenters. The number of benzene rings is 1. The van der Waals surface area contributed by atoms with Gasteiger partial charge in [0, 0.05) is 23.5 Å². The number of nitrogens with one attached hydrogen (secondary N) is 1. The van der Waals surface area contributed by atoms with Crippen LogP contribution in [0.4, 0.5) is 5.69 Å². The van der Waals surface area contributed by atoms with E-state index in [2.05, 4.69) is 5.32 Å². The lowest BCUT2D eigenvalue weighted by Crippen LogP contribution is -2.11. The van der Waals surface area contributed by atoms with Crippen LogP contribution in [0.1, 0.15) is 5.56 Å². The standard InChI is InChI=1S/C9H10N2/c10-8-5-6-11-9-4-2-1-3-7(8)9/h1-5,11H,6,10H2. The smallest absolute Gasteiger partial charge is 0.0437 e. The summed E-state index contributed by atoms with van der Waals surface area (Å²) >= 11 is 0. The van der Waals surface area contributed by atoms with Gasteiger partial charge < -0.3 is 11.1 Å². The van der Waals surface area contributed by atoms with Crippen molar-refractivity contribution in [2.75, 3.05) is 11.9 Å². The molecule has 1 aromatic rings. The molecule has 0 saturated heterocycles. The zero-order valence-corrected chi connectivity index (χ0v) is 6.17. The summed E-state index contributed by atoms with van der Waals surface area (Å²) < 4.78 is 0. The van der Waals surface area contributed by atoms with Crippen molar-refractivity contribution in [1.82, 2.24) is 0 Å². The predicted octanol–water partition coefficient (Wildman–Crippen LogP) is 1.41. The van der Waals surface area contributed by atoms with E-state index in [9.17, 15) is 0 Å². The lowest BCUT2D eigenvalue weighted by molar-refractivity contribution is 1.27. The highest BCUT2D eigenvalue weighted by atomic mass is 14.9. The summed E-state index contributed by atoms with van der Waals surface area (Å²) in [5.74, 6) is 0. The molecule has 1 heterocycles. The van der Waals surface area contributed by atoms with Crippen LogP contribution in [0, 0.1) is 0 Å². The molecule has 0 aromatic heterocycles. The van der Waals surface area contributed by atoms with Gasteiger partial charge in [-0.25, -0.2) is 0 Å². The number of nitrogens with two attached hydrogens (primary N) is 1. The summed E-state index contributed by atoms with van der Waals surface area (Å²) in [6, 6.07) is 8.06. The SMILES string of the molecule is NC1=CCNc2ccccc21. The van der Waals surface area contributed by atoms with E-state index in [1.165, 1.54) is 0 Å². The average Bonchev–Trinajstić information content (AvgIpc) is 2.06. The number of anilines is 1. The molecule has 0 spiro atoms. The van der Waals surface area contributed by atoms with E-state index in [-0.39, 0.29) is 0 Å². The van der Waals surface area contributed by atoms with Crippen LogP contribution < -0.4 is 11.1 Å². The van der Waals surface area contributed by atoms with E-state index >= 15 is 0 Å². The first-order chi connectivity index (χ1) is 5.38. The minimum atomic E-state index is 0.836. The monoisotopic (exact) mass is 146 g/mol.